The molecule has 1 aliphatic carbocycles. The Morgan fingerprint density at radius 3 is 2.89 bits per heavy atom. The standard InChI is InChI=1S/C16H26N2O/c1-2-17-16-5-3-4-14-11-18(12-15(14)16)10-13-6-8-19-9-7-13/h11-13,16-17H,2-10H2,1H3. The molecule has 1 aliphatic heterocycles. The monoisotopic (exact) mass is 262 g/mol. The maximum Gasteiger partial charge on any atom is 0.0469 e. The van der Waals surface area contributed by atoms with Gasteiger partial charge in [-0.3, -0.25) is 0 Å². The molecule has 19 heavy (non-hydrogen) atoms. The average molecular weight is 262 g/mol. The minimum atomic E-state index is 0.588. The van der Waals surface area contributed by atoms with Crippen LogP contribution in [0.5, 0.6) is 0 Å². The molecule has 0 radical (unpaired) electrons. The molecule has 2 heterocycles. The van der Waals surface area contributed by atoms with E-state index >= 15 is 0 Å². The molecule has 1 saturated heterocycles. The molecule has 0 saturated carbocycles. The molecular formula is C16H26N2O. The number of ether oxygens (including phenoxy) is 1. The lowest BCUT2D eigenvalue weighted by atomic mass is 9.91. The number of aryl methyl sites for hydroxylation is 1. The van der Waals surface area contributed by atoms with Crippen molar-refractivity contribution in [3.8, 4) is 0 Å². The Hall–Kier alpha value is -0.800. The zero-order chi connectivity index (χ0) is 13.1. The van der Waals surface area contributed by atoms with E-state index in [9.17, 15) is 0 Å². The van der Waals surface area contributed by atoms with E-state index in [0.717, 1.165) is 25.7 Å². The van der Waals surface area contributed by atoms with E-state index in [0.29, 0.717) is 6.04 Å². The number of rotatable bonds is 4. The lowest BCUT2D eigenvalue weighted by Crippen LogP contribution is -2.24. The number of nitrogens with zero attached hydrogens (tertiary/aromatic N) is 1. The highest BCUT2D eigenvalue weighted by atomic mass is 16.5. The second-order valence-electron chi connectivity index (χ2n) is 5.99. The third-order valence-electron chi connectivity index (χ3n) is 4.57. The highest BCUT2D eigenvalue weighted by Crippen LogP contribution is 2.31. The highest BCUT2D eigenvalue weighted by Gasteiger charge is 2.22. The maximum atomic E-state index is 5.45. The summed E-state index contributed by atoms with van der Waals surface area (Å²) in [5, 5.41) is 3.62. The molecule has 2 aliphatic rings. The van der Waals surface area contributed by atoms with Crippen LogP contribution in [0.4, 0.5) is 0 Å². The summed E-state index contributed by atoms with van der Waals surface area (Å²) in [5.41, 5.74) is 3.13. The quantitative estimate of drug-likeness (QED) is 0.903. The Bertz CT molecular complexity index is 407. The van der Waals surface area contributed by atoms with Crippen molar-refractivity contribution >= 4 is 0 Å². The predicted octanol–water partition coefficient (Wildman–Crippen LogP) is 2.90. The fourth-order valence-electron chi connectivity index (χ4n) is 3.54. The van der Waals surface area contributed by atoms with Crippen molar-refractivity contribution in [2.45, 2.75) is 51.6 Å². The number of hydrogen-bond acceptors (Lipinski definition) is 2. The minimum absolute atomic E-state index is 0.588. The van der Waals surface area contributed by atoms with Gasteiger partial charge in [-0.1, -0.05) is 6.92 Å². The van der Waals surface area contributed by atoms with E-state index in [-0.39, 0.29) is 0 Å². The second-order valence-corrected chi connectivity index (χ2v) is 5.99. The molecule has 0 spiro atoms. The number of fused-ring (bicyclic) bond motifs is 1. The smallest absolute Gasteiger partial charge is 0.0469 e. The van der Waals surface area contributed by atoms with Crippen molar-refractivity contribution in [2.75, 3.05) is 19.8 Å². The van der Waals surface area contributed by atoms with E-state index in [1.54, 1.807) is 11.1 Å². The topological polar surface area (TPSA) is 26.2 Å². The van der Waals surface area contributed by atoms with Crippen molar-refractivity contribution < 1.29 is 4.74 Å². The van der Waals surface area contributed by atoms with E-state index in [2.05, 4.69) is 29.2 Å². The van der Waals surface area contributed by atoms with Gasteiger partial charge in [-0.25, -0.2) is 0 Å². The summed E-state index contributed by atoms with van der Waals surface area (Å²) in [4.78, 5) is 0. The zero-order valence-corrected chi connectivity index (χ0v) is 12.0. The largest absolute Gasteiger partial charge is 0.381 e. The van der Waals surface area contributed by atoms with Crippen LogP contribution in [0.2, 0.25) is 0 Å². The molecule has 0 aromatic carbocycles. The van der Waals surface area contributed by atoms with Gasteiger partial charge in [0.1, 0.15) is 0 Å². The fraction of sp³-hybridized carbons (Fsp3) is 0.750. The van der Waals surface area contributed by atoms with Crippen molar-refractivity contribution in [2.24, 2.45) is 5.92 Å². The van der Waals surface area contributed by atoms with Gasteiger partial charge in [0.25, 0.3) is 0 Å². The molecule has 106 valence electrons. The molecule has 3 rings (SSSR count). The molecule has 0 amide bonds. The summed E-state index contributed by atoms with van der Waals surface area (Å²) < 4.78 is 7.89. The van der Waals surface area contributed by atoms with Crippen LogP contribution < -0.4 is 5.32 Å². The first-order valence-electron chi connectivity index (χ1n) is 7.86. The molecule has 1 aromatic heterocycles. The van der Waals surface area contributed by atoms with Crippen molar-refractivity contribution in [3.63, 3.8) is 0 Å². The van der Waals surface area contributed by atoms with Crippen LogP contribution in [0.3, 0.4) is 0 Å². The fourth-order valence-corrected chi connectivity index (χ4v) is 3.54. The predicted molar refractivity (Wildman–Crippen MR) is 77.3 cm³/mol. The molecule has 0 bridgehead atoms. The zero-order valence-electron chi connectivity index (χ0n) is 12.0. The first kappa shape index (κ1) is 13.2. The third-order valence-corrected chi connectivity index (χ3v) is 4.57. The average Bonchev–Trinajstić information content (AvgIpc) is 2.84. The first-order valence-corrected chi connectivity index (χ1v) is 7.86. The van der Waals surface area contributed by atoms with Gasteiger partial charge in [0.15, 0.2) is 0 Å². The highest BCUT2D eigenvalue weighted by molar-refractivity contribution is 5.30. The van der Waals surface area contributed by atoms with Crippen LogP contribution in [0, 0.1) is 5.92 Å². The maximum absolute atomic E-state index is 5.45. The summed E-state index contributed by atoms with van der Waals surface area (Å²) in [6, 6.07) is 0.588. The first-order chi connectivity index (χ1) is 9.36. The summed E-state index contributed by atoms with van der Waals surface area (Å²) in [6.07, 6.45) is 11.1. The lowest BCUT2D eigenvalue weighted by molar-refractivity contribution is 0.0613. The van der Waals surface area contributed by atoms with Gasteiger partial charge >= 0.3 is 0 Å². The molecule has 1 N–H and O–H groups in total. The number of nitrogens with one attached hydrogen (secondary N) is 1. The summed E-state index contributed by atoms with van der Waals surface area (Å²) in [6.45, 7) is 6.34. The van der Waals surface area contributed by atoms with Crippen molar-refractivity contribution in [1.29, 1.82) is 0 Å². The summed E-state index contributed by atoms with van der Waals surface area (Å²) >= 11 is 0. The van der Waals surface area contributed by atoms with E-state index in [4.69, 9.17) is 4.74 Å². The summed E-state index contributed by atoms with van der Waals surface area (Å²) in [5.74, 6) is 0.806. The Morgan fingerprint density at radius 2 is 2.11 bits per heavy atom. The van der Waals surface area contributed by atoms with Gasteiger partial charge in [0.2, 0.25) is 0 Å². The van der Waals surface area contributed by atoms with Crippen LogP contribution in [-0.2, 0) is 17.7 Å². The molecule has 3 heteroatoms. The molecule has 3 nitrogen and oxygen atoms in total. The van der Waals surface area contributed by atoms with Crippen LogP contribution >= 0.6 is 0 Å². The molecule has 1 fully saturated rings. The molecular weight excluding hydrogens is 236 g/mol. The molecule has 1 unspecified atom stereocenters. The van der Waals surface area contributed by atoms with Gasteiger partial charge in [0, 0.05) is 38.2 Å². The van der Waals surface area contributed by atoms with Gasteiger partial charge < -0.3 is 14.6 Å². The lowest BCUT2D eigenvalue weighted by Gasteiger charge is -2.23. The normalized spacial score (nSPS) is 24.4. The van der Waals surface area contributed by atoms with E-state index in [1.807, 2.05) is 0 Å². The Balaban J connectivity index is 1.70. The Labute approximate surface area is 116 Å². The summed E-state index contributed by atoms with van der Waals surface area (Å²) in [7, 11) is 0. The number of aromatic nitrogens is 1. The van der Waals surface area contributed by atoms with Crippen LogP contribution in [0.15, 0.2) is 12.4 Å². The van der Waals surface area contributed by atoms with Crippen LogP contribution in [0.25, 0.3) is 0 Å². The van der Waals surface area contributed by atoms with Gasteiger partial charge in [-0.05, 0) is 55.7 Å². The number of hydrogen-bond donors (Lipinski definition) is 1. The van der Waals surface area contributed by atoms with Crippen molar-refractivity contribution in [1.82, 2.24) is 9.88 Å². The van der Waals surface area contributed by atoms with Gasteiger partial charge in [-0.15, -0.1) is 0 Å². The van der Waals surface area contributed by atoms with E-state index in [1.165, 1.54) is 38.6 Å². The van der Waals surface area contributed by atoms with Gasteiger partial charge in [0.05, 0.1) is 0 Å². The van der Waals surface area contributed by atoms with Crippen LogP contribution in [-0.4, -0.2) is 24.3 Å². The SMILES string of the molecule is CCNC1CCCc2cn(CC3CCOCC3)cc21. The second kappa shape index (κ2) is 6.10. The molecule has 1 aromatic rings. The van der Waals surface area contributed by atoms with E-state index < -0.39 is 0 Å². The molecule has 1 atom stereocenters. The van der Waals surface area contributed by atoms with Crippen molar-refractivity contribution in [3.05, 3.63) is 23.5 Å². The van der Waals surface area contributed by atoms with Gasteiger partial charge in [-0.2, -0.15) is 0 Å². The third kappa shape index (κ3) is 3.03. The van der Waals surface area contributed by atoms with Crippen LogP contribution in [0.1, 0.15) is 49.8 Å². The Morgan fingerprint density at radius 1 is 1.26 bits per heavy atom. The minimum Gasteiger partial charge on any atom is -0.381 e. The Kier molecular flexibility index (Phi) is 4.24.